The normalized spacial score (nSPS) is 22.6. The van der Waals surface area contributed by atoms with Crippen molar-refractivity contribution in [2.24, 2.45) is 0 Å². The van der Waals surface area contributed by atoms with E-state index in [1.807, 2.05) is 0 Å². The molecule has 2 aliphatic rings. The summed E-state index contributed by atoms with van der Waals surface area (Å²) in [5.74, 6) is 0. The van der Waals surface area contributed by atoms with E-state index in [-0.39, 0.29) is 0 Å². The van der Waals surface area contributed by atoms with Crippen LogP contribution in [0.3, 0.4) is 0 Å². The molecule has 2 aliphatic heterocycles. The van der Waals surface area contributed by atoms with E-state index in [1.54, 1.807) is 12.2 Å². The molecule has 0 radical (unpaired) electrons. The minimum Gasteiger partial charge on any atom is -0.371 e. The molecule has 0 amide bonds. The predicted octanol–water partition coefficient (Wildman–Crippen LogP) is 1.12. The summed E-state index contributed by atoms with van der Waals surface area (Å²) < 4.78 is 29.9. The van der Waals surface area contributed by atoms with Gasteiger partial charge in [0, 0.05) is 0 Å². The summed E-state index contributed by atoms with van der Waals surface area (Å²) in [6.45, 7) is 11.7. The molecule has 2 atom stereocenters. The second-order valence-corrected chi connectivity index (χ2v) is 4.21. The smallest absolute Gasteiger partial charge is 0.147 e. The van der Waals surface area contributed by atoms with Gasteiger partial charge in [0.2, 0.25) is 0 Å². The van der Waals surface area contributed by atoms with Crippen molar-refractivity contribution in [2.45, 2.75) is 12.2 Å². The molecule has 2 heterocycles. The second kappa shape index (κ2) is 12.0. The van der Waals surface area contributed by atoms with Gasteiger partial charge in [-0.1, -0.05) is 12.2 Å². The van der Waals surface area contributed by atoms with Crippen LogP contribution in [0.25, 0.3) is 0 Å². The van der Waals surface area contributed by atoms with Crippen molar-refractivity contribution in [1.82, 2.24) is 0 Å². The third kappa shape index (κ3) is 12.3. The fourth-order valence-corrected chi connectivity index (χ4v) is 1.07. The lowest BCUT2D eigenvalue weighted by atomic mass is 10.5. The summed E-state index contributed by atoms with van der Waals surface area (Å²) in [5.41, 5.74) is 0. The number of hydrogen-bond acceptors (Lipinski definition) is 6. The lowest BCUT2D eigenvalue weighted by Gasteiger charge is -2.01. The van der Waals surface area contributed by atoms with Gasteiger partial charge < -0.3 is 28.4 Å². The number of rotatable bonds is 12. The summed E-state index contributed by atoms with van der Waals surface area (Å²) >= 11 is 0. The molecular weight excluding hydrogens is 264 g/mol. The van der Waals surface area contributed by atoms with E-state index in [4.69, 9.17) is 28.4 Å². The Labute approximate surface area is 120 Å². The van der Waals surface area contributed by atoms with Gasteiger partial charge in [-0.05, 0) is 0 Å². The fraction of sp³-hybridized carbons (Fsp3) is 0.714. The van der Waals surface area contributed by atoms with Crippen molar-refractivity contribution in [3.8, 4) is 0 Å². The maximum absolute atomic E-state index is 5.13. The van der Waals surface area contributed by atoms with Crippen LogP contribution in [0.1, 0.15) is 0 Å². The van der Waals surface area contributed by atoms with Gasteiger partial charge in [0.1, 0.15) is 25.8 Å². The average molecular weight is 288 g/mol. The highest BCUT2D eigenvalue weighted by Gasteiger charge is 2.23. The second-order valence-electron chi connectivity index (χ2n) is 4.21. The van der Waals surface area contributed by atoms with Gasteiger partial charge in [0.15, 0.2) is 0 Å². The SMILES string of the molecule is C(OCC1CO1)OCC1CO1.C=CCOCOCC=C. The van der Waals surface area contributed by atoms with Crippen LogP contribution in [-0.4, -0.2) is 65.4 Å². The Morgan fingerprint density at radius 3 is 1.55 bits per heavy atom. The lowest BCUT2D eigenvalue weighted by Crippen LogP contribution is -2.08. The Morgan fingerprint density at radius 2 is 1.20 bits per heavy atom. The van der Waals surface area contributed by atoms with Crippen LogP contribution in [0.4, 0.5) is 0 Å². The Hall–Kier alpha value is -0.760. The van der Waals surface area contributed by atoms with Crippen LogP contribution in [0.2, 0.25) is 0 Å². The molecule has 0 N–H and O–H groups in total. The average Bonchev–Trinajstić information content (AvgIpc) is 3.33. The summed E-state index contributed by atoms with van der Waals surface area (Å²) in [6, 6.07) is 0. The molecule has 0 aliphatic carbocycles. The van der Waals surface area contributed by atoms with Crippen molar-refractivity contribution in [3.63, 3.8) is 0 Å². The van der Waals surface area contributed by atoms with E-state index in [1.165, 1.54) is 0 Å². The zero-order valence-electron chi connectivity index (χ0n) is 11.8. The molecule has 0 bridgehead atoms. The van der Waals surface area contributed by atoms with Crippen LogP contribution in [0, 0.1) is 0 Å². The van der Waals surface area contributed by atoms with E-state index in [0.717, 1.165) is 13.2 Å². The van der Waals surface area contributed by atoms with Crippen molar-refractivity contribution < 1.29 is 28.4 Å². The third-order valence-corrected chi connectivity index (χ3v) is 2.22. The number of ether oxygens (including phenoxy) is 6. The van der Waals surface area contributed by atoms with Crippen molar-refractivity contribution in [1.29, 1.82) is 0 Å². The van der Waals surface area contributed by atoms with Crippen LogP contribution >= 0.6 is 0 Å². The Morgan fingerprint density at radius 1 is 0.800 bits per heavy atom. The van der Waals surface area contributed by atoms with Gasteiger partial charge in [0.25, 0.3) is 0 Å². The molecule has 0 aromatic rings. The van der Waals surface area contributed by atoms with Gasteiger partial charge in [-0.2, -0.15) is 0 Å². The first-order valence-corrected chi connectivity index (χ1v) is 6.62. The molecule has 0 saturated carbocycles. The van der Waals surface area contributed by atoms with Gasteiger partial charge in [-0.15, -0.1) is 13.2 Å². The van der Waals surface area contributed by atoms with Gasteiger partial charge in [0.05, 0.1) is 39.6 Å². The summed E-state index contributed by atoms with van der Waals surface area (Å²) in [7, 11) is 0. The van der Waals surface area contributed by atoms with Crippen molar-refractivity contribution >= 4 is 0 Å². The molecule has 2 rings (SSSR count). The Kier molecular flexibility index (Phi) is 10.4. The maximum atomic E-state index is 5.13. The lowest BCUT2D eigenvalue weighted by molar-refractivity contribution is -0.0611. The molecule has 2 fully saturated rings. The van der Waals surface area contributed by atoms with Crippen molar-refractivity contribution in [3.05, 3.63) is 25.3 Å². The highest BCUT2D eigenvalue weighted by atomic mass is 16.7. The van der Waals surface area contributed by atoms with Gasteiger partial charge in [-0.25, -0.2) is 0 Å². The first-order chi connectivity index (χ1) is 9.86. The fourth-order valence-electron chi connectivity index (χ4n) is 1.07. The van der Waals surface area contributed by atoms with E-state index in [2.05, 4.69) is 13.2 Å². The zero-order valence-corrected chi connectivity index (χ0v) is 11.8. The minimum absolute atomic E-state index is 0.317. The summed E-state index contributed by atoms with van der Waals surface area (Å²) in [6.07, 6.45) is 4.01. The molecule has 116 valence electrons. The third-order valence-electron chi connectivity index (χ3n) is 2.22. The monoisotopic (exact) mass is 288 g/mol. The van der Waals surface area contributed by atoms with E-state index in [0.29, 0.717) is 52.2 Å². The first kappa shape index (κ1) is 17.3. The van der Waals surface area contributed by atoms with Crippen LogP contribution < -0.4 is 0 Å². The van der Waals surface area contributed by atoms with E-state index < -0.39 is 0 Å². The maximum Gasteiger partial charge on any atom is 0.147 e. The molecule has 2 unspecified atom stereocenters. The van der Waals surface area contributed by atoms with Crippen molar-refractivity contribution in [2.75, 3.05) is 53.2 Å². The van der Waals surface area contributed by atoms with Crippen LogP contribution in [-0.2, 0) is 28.4 Å². The van der Waals surface area contributed by atoms with E-state index >= 15 is 0 Å². The topological polar surface area (TPSA) is 62.0 Å². The highest BCUT2D eigenvalue weighted by Crippen LogP contribution is 2.10. The molecule has 0 spiro atoms. The largest absolute Gasteiger partial charge is 0.371 e. The van der Waals surface area contributed by atoms with Crippen LogP contribution in [0.5, 0.6) is 0 Å². The summed E-state index contributed by atoms with van der Waals surface area (Å²) in [4.78, 5) is 0. The minimum atomic E-state index is 0.317. The summed E-state index contributed by atoms with van der Waals surface area (Å²) in [5, 5.41) is 0. The standard InChI is InChI=1S/C7H12O4.C7H12O2/c1(6-3-10-6)8-5-9-2-7-4-11-7;1-3-5-8-7-9-6-4-2/h6-7H,1-5H2;3-4H,1-2,5-7H2. The highest BCUT2D eigenvalue weighted by molar-refractivity contribution is 4.68. The predicted molar refractivity (Wildman–Crippen MR) is 73.4 cm³/mol. The molecule has 6 heteroatoms. The zero-order chi connectivity index (χ0) is 14.5. The molecule has 0 aromatic heterocycles. The van der Waals surface area contributed by atoms with Gasteiger partial charge in [-0.3, -0.25) is 0 Å². The quantitative estimate of drug-likeness (QED) is 0.232. The molecule has 6 nitrogen and oxygen atoms in total. The van der Waals surface area contributed by atoms with Gasteiger partial charge >= 0.3 is 0 Å². The molecule has 0 aromatic carbocycles. The number of epoxide rings is 2. The Bertz CT molecular complexity index is 226. The van der Waals surface area contributed by atoms with E-state index in [9.17, 15) is 0 Å². The molecule has 2 saturated heterocycles. The van der Waals surface area contributed by atoms with Crippen LogP contribution in [0.15, 0.2) is 25.3 Å². The first-order valence-electron chi connectivity index (χ1n) is 6.62. The Balaban J connectivity index is 0.000000206. The number of hydrogen-bond donors (Lipinski definition) is 0. The molecular formula is C14H24O6. The molecule has 20 heavy (non-hydrogen) atoms.